The van der Waals surface area contributed by atoms with Gasteiger partial charge in [0.15, 0.2) is 15.6 Å². The number of hydrogen-bond donors (Lipinski definition) is 0. The Balaban J connectivity index is 2.24. The number of aromatic nitrogens is 2. The summed E-state index contributed by atoms with van der Waals surface area (Å²) in [5.74, 6) is -0.389. The lowest BCUT2D eigenvalue weighted by molar-refractivity contribution is 0.0922. The molecule has 1 unspecified atom stereocenters. The van der Waals surface area contributed by atoms with Crippen molar-refractivity contribution in [3.63, 3.8) is 0 Å². The number of hydrogen-bond acceptors (Lipinski definition) is 4. The van der Waals surface area contributed by atoms with Crippen LogP contribution < -0.4 is 0 Å². The van der Waals surface area contributed by atoms with Crippen LogP contribution in [-0.4, -0.2) is 35.3 Å². The molecule has 1 aromatic heterocycles. The second-order valence-electron chi connectivity index (χ2n) is 4.74. The summed E-state index contributed by atoms with van der Waals surface area (Å²) in [6.45, 7) is 3.92. The van der Waals surface area contributed by atoms with Crippen LogP contribution in [0.4, 0.5) is 0 Å². The van der Waals surface area contributed by atoms with Crippen LogP contribution in [0.25, 0.3) is 0 Å². The number of carbonyl (C=O) groups excluding carboxylic acids is 1. The van der Waals surface area contributed by atoms with Crippen LogP contribution in [0.1, 0.15) is 36.8 Å². The van der Waals surface area contributed by atoms with Gasteiger partial charge in [-0.15, -0.1) is 0 Å². The number of carbonyl (C=O) groups is 1. The van der Waals surface area contributed by atoms with Crippen LogP contribution in [-0.2, 0) is 9.84 Å². The monoisotopic (exact) mass is 256 g/mol. The van der Waals surface area contributed by atoms with Crippen molar-refractivity contribution in [2.45, 2.75) is 26.3 Å². The van der Waals surface area contributed by atoms with E-state index in [1.165, 1.54) is 6.20 Å². The van der Waals surface area contributed by atoms with Gasteiger partial charge >= 0.3 is 0 Å². The quantitative estimate of drug-likeness (QED) is 0.759. The highest BCUT2D eigenvalue weighted by atomic mass is 32.2. The van der Waals surface area contributed by atoms with Crippen LogP contribution in [0.3, 0.4) is 0 Å². The molecule has 5 nitrogen and oxygen atoms in total. The number of sulfone groups is 1. The molecule has 1 saturated heterocycles. The summed E-state index contributed by atoms with van der Waals surface area (Å²) >= 11 is 0. The molecular formula is C11H16N2O3S. The van der Waals surface area contributed by atoms with E-state index in [1.54, 1.807) is 10.9 Å². The zero-order chi connectivity index (χ0) is 12.6. The number of rotatable bonds is 3. The molecule has 1 aromatic rings. The number of imidazole rings is 1. The van der Waals surface area contributed by atoms with Crippen LogP contribution in [0, 0.1) is 5.92 Å². The van der Waals surface area contributed by atoms with Crippen molar-refractivity contribution in [3.05, 3.63) is 18.2 Å². The molecule has 1 atom stereocenters. The first-order valence-electron chi connectivity index (χ1n) is 5.67. The highest BCUT2D eigenvalue weighted by molar-refractivity contribution is 7.91. The van der Waals surface area contributed by atoms with Gasteiger partial charge in [-0.3, -0.25) is 4.79 Å². The second-order valence-corrected chi connectivity index (χ2v) is 6.97. The Kier molecular flexibility index (Phi) is 3.07. The van der Waals surface area contributed by atoms with Crippen molar-refractivity contribution in [1.29, 1.82) is 0 Å². The molecule has 0 N–H and O–H groups in total. The van der Waals surface area contributed by atoms with Crippen molar-refractivity contribution in [2.75, 3.05) is 11.5 Å². The van der Waals surface area contributed by atoms with E-state index in [2.05, 4.69) is 4.98 Å². The average Bonchev–Trinajstić information content (AvgIpc) is 2.82. The van der Waals surface area contributed by atoms with Crippen LogP contribution in [0.5, 0.6) is 0 Å². The summed E-state index contributed by atoms with van der Waals surface area (Å²) < 4.78 is 24.5. The second kappa shape index (κ2) is 4.25. The molecule has 0 bridgehead atoms. The van der Waals surface area contributed by atoms with E-state index in [9.17, 15) is 13.2 Å². The van der Waals surface area contributed by atoms with Crippen LogP contribution in [0.15, 0.2) is 12.5 Å². The van der Waals surface area contributed by atoms with E-state index in [0.717, 1.165) is 0 Å². The summed E-state index contributed by atoms with van der Waals surface area (Å²) in [6.07, 6.45) is 3.57. The minimum absolute atomic E-state index is 0.0187. The minimum atomic E-state index is -3.02. The molecule has 0 aliphatic carbocycles. The molecule has 94 valence electrons. The van der Waals surface area contributed by atoms with Gasteiger partial charge in [0.05, 0.1) is 24.0 Å². The lowest BCUT2D eigenvalue weighted by Gasteiger charge is -2.13. The number of ketones is 1. The van der Waals surface area contributed by atoms with E-state index >= 15 is 0 Å². The fourth-order valence-electron chi connectivity index (χ4n) is 2.12. The van der Waals surface area contributed by atoms with Gasteiger partial charge in [0.1, 0.15) is 5.69 Å². The van der Waals surface area contributed by atoms with Gasteiger partial charge in [-0.25, -0.2) is 13.4 Å². The van der Waals surface area contributed by atoms with Crippen LogP contribution in [0.2, 0.25) is 0 Å². The normalized spacial score (nSPS) is 23.1. The van der Waals surface area contributed by atoms with Gasteiger partial charge in [0.2, 0.25) is 0 Å². The van der Waals surface area contributed by atoms with Crippen molar-refractivity contribution < 1.29 is 13.2 Å². The maximum atomic E-state index is 12.2. The Bertz CT molecular complexity index is 531. The van der Waals surface area contributed by atoms with Crippen molar-refractivity contribution >= 4 is 15.6 Å². The van der Waals surface area contributed by atoms with Gasteiger partial charge in [-0.1, -0.05) is 0 Å². The summed E-state index contributed by atoms with van der Waals surface area (Å²) in [6, 6.07) is 0.148. The van der Waals surface area contributed by atoms with Crippen molar-refractivity contribution in [1.82, 2.24) is 9.55 Å². The summed E-state index contributed by atoms with van der Waals surface area (Å²) in [5, 5.41) is 0. The molecule has 2 heterocycles. The van der Waals surface area contributed by atoms with Crippen molar-refractivity contribution in [2.24, 2.45) is 5.92 Å². The number of nitrogens with zero attached hydrogens (tertiary/aromatic N) is 2. The fourth-order valence-corrected chi connectivity index (χ4v) is 3.86. The number of Topliss-reactive ketones (excluding diaryl/α,β-unsaturated/α-hetero) is 1. The van der Waals surface area contributed by atoms with E-state index < -0.39 is 15.8 Å². The first-order chi connectivity index (χ1) is 7.91. The van der Waals surface area contributed by atoms with Gasteiger partial charge in [-0.2, -0.15) is 0 Å². The smallest absolute Gasteiger partial charge is 0.184 e. The average molecular weight is 256 g/mol. The lowest BCUT2D eigenvalue weighted by atomic mass is 10.0. The Morgan fingerprint density at radius 3 is 2.76 bits per heavy atom. The molecule has 1 aliphatic rings. The van der Waals surface area contributed by atoms with E-state index in [1.807, 2.05) is 13.8 Å². The van der Waals surface area contributed by atoms with Gasteiger partial charge < -0.3 is 4.57 Å². The minimum Gasteiger partial charge on any atom is -0.326 e. The molecule has 1 fully saturated rings. The zero-order valence-electron chi connectivity index (χ0n) is 9.96. The van der Waals surface area contributed by atoms with E-state index in [4.69, 9.17) is 0 Å². The Morgan fingerprint density at radius 2 is 2.24 bits per heavy atom. The third-order valence-corrected chi connectivity index (χ3v) is 4.85. The predicted molar refractivity (Wildman–Crippen MR) is 63.7 cm³/mol. The summed E-state index contributed by atoms with van der Waals surface area (Å²) in [5.41, 5.74) is 0.516. The molecule has 0 spiro atoms. The predicted octanol–water partition coefficient (Wildman–Crippen LogP) is 1.08. The summed E-state index contributed by atoms with van der Waals surface area (Å²) in [4.78, 5) is 16.2. The molecule has 0 aromatic carbocycles. The Hall–Kier alpha value is -1.17. The molecule has 0 saturated carbocycles. The third-order valence-electron chi connectivity index (χ3n) is 3.08. The Morgan fingerprint density at radius 1 is 1.53 bits per heavy atom. The Labute approximate surface area is 101 Å². The topological polar surface area (TPSA) is 69.0 Å². The maximum absolute atomic E-state index is 12.2. The molecule has 6 heteroatoms. The molecule has 2 rings (SSSR count). The first-order valence-corrected chi connectivity index (χ1v) is 7.49. The molecule has 0 amide bonds. The van der Waals surface area contributed by atoms with Gasteiger partial charge in [0.25, 0.3) is 0 Å². The zero-order valence-corrected chi connectivity index (χ0v) is 10.8. The lowest BCUT2D eigenvalue weighted by Crippen LogP contribution is -2.20. The molecule has 0 radical (unpaired) electrons. The van der Waals surface area contributed by atoms with Gasteiger partial charge in [0, 0.05) is 12.0 Å². The van der Waals surface area contributed by atoms with Crippen molar-refractivity contribution in [3.8, 4) is 0 Å². The summed E-state index contributed by atoms with van der Waals surface area (Å²) in [7, 11) is -3.02. The standard InChI is InChI=1S/C11H16N2O3S/c1-8(2)13-7-12-5-10(13)11(14)9-3-4-17(15,16)6-9/h5,7-9H,3-4,6H2,1-2H3. The van der Waals surface area contributed by atoms with E-state index in [-0.39, 0.29) is 23.3 Å². The van der Waals surface area contributed by atoms with E-state index in [0.29, 0.717) is 12.1 Å². The van der Waals surface area contributed by atoms with Crippen LogP contribution >= 0.6 is 0 Å². The first kappa shape index (κ1) is 12.3. The molecule has 1 aliphatic heterocycles. The largest absolute Gasteiger partial charge is 0.326 e. The molecule has 17 heavy (non-hydrogen) atoms. The maximum Gasteiger partial charge on any atom is 0.184 e. The highest BCUT2D eigenvalue weighted by Gasteiger charge is 2.34. The highest BCUT2D eigenvalue weighted by Crippen LogP contribution is 2.23. The van der Waals surface area contributed by atoms with Gasteiger partial charge in [-0.05, 0) is 20.3 Å². The fraction of sp³-hybridized carbons (Fsp3) is 0.636. The SMILES string of the molecule is CC(C)n1cncc1C(=O)C1CCS(=O)(=O)C1. The molecular weight excluding hydrogens is 240 g/mol. The third kappa shape index (κ3) is 2.41.